The van der Waals surface area contributed by atoms with Gasteiger partial charge in [-0.2, -0.15) is 0 Å². The minimum atomic E-state index is -0.392. The Labute approximate surface area is 165 Å². The summed E-state index contributed by atoms with van der Waals surface area (Å²) in [6.07, 6.45) is 7.22. The van der Waals surface area contributed by atoms with Crippen LogP contribution in [0.4, 0.5) is 4.39 Å². The van der Waals surface area contributed by atoms with Gasteiger partial charge in [0.05, 0.1) is 36.8 Å². The van der Waals surface area contributed by atoms with E-state index >= 15 is 0 Å². The molecule has 0 spiro atoms. The van der Waals surface area contributed by atoms with Crippen LogP contribution >= 0.6 is 23.2 Å². The predicted octanol–water partition coefficient (Wildman–Crippen LogP) is 5.01. The number of aromatic nitrogens is 5. The summed E-state index contributed by atoms with van der Waals surface area (Å²) in [5, 5.41) is 1.18. The molecule has 0 atom stereocenters. The zero-order chi connectivity index (χ0) is 18.8. The topological polar surface area (TPSA) is 48.5 Å². The summed E-state index contributed by atoms with van der Waals surface area (Å²) >= 11 is 12.3. The SMILES string of the molecule is FCCCn1c(-c2cncc(Cn3cncc3Cl)c2)nc2ccc(Cl)cc21. The van der Waals surface area contributed by atoms with E-state index in [1.807, 2.05) is 27.3 Å². The number of rotatable bonds is 6. The molecule has 0 aliphatic rings. The lowest BCUT2D eigenvalue weighted by molar-refractivity contribution is 0.450. The molecular weight excluding hydrogens is 388 g/mol. The molecule has 8 heteroatoms. The Bertz CT molecular complexity index is 1090. The molecule has 0 saturated heterocycles. The summed E-state index contributed by atoms with van der Waals surface area (Å²) in [5.74, 6) is 0.742. The monoisotopic (exact) mass is 403 g/mol. The average Bonchev–Trinajstić information content (AvgIpc) is 3.23. The quantitative estimate of drug-likeness (QED) is 0.454. The van der Waals surface area contributed by atoms with Crippen molar-refractivity contribution in [3.05, 3.63) is 64.9 Å². The fourth-order valence-corrected chi connectivity index (χ4v) is 3.40. The van der Waals surface area contributed by atoms with Crippen LogP contribution < -0.4 is 0 Å². The van der Waals surface area contributed by atoms with Crippen LogP contribution in [0.5, 0.6) is 0 Å². The molecule has 27 heavy (non-hydrogen) atoms. The zero-order valence-electron chi connectivity index (χ0n) is 14.3. The van der Waals surface area contributed by atoms with E-state index in [-0.39, 0.29) is 0 Å². The highest BCUT2D eigenvalue weighted by Crippen LogP contribution is 2.27. The number of imidazole rings is 2. The molecule has 0 fully saturated rings. The fraction of sp³-hybridized carbons (Fsp3) is 0.211. The van der Waals surface area contributed by atoms with Crippen LogP contribution in [0.15, 0.2) is 49.2 Å². The number of alkyl halides is 1. The van der Waals surface area contributed by atoms with Crippen molar-refractivity contribution >= 4 is 34.2 Å². The molecule has 0 aliphatic carbocycles. The molecule has 0 saturated carbocycles. The Morgan fingerprint density at radius 1 is 1.04 bits per heavy atom. The Hall–Kier alpha value is -2.44. The number of pyridine rings is 1. The van der Waals surface area contributed by atoms with E-state index in [4.69, 9.17) is 28.2 Å². The van der Waals surface area contributed by atoms with Gasteiger partial charge in [0.25, 0.3) is 0 Å². The molecule has 0 unspecified atom stereocenters. The smallest absolute Gasteiger partial charge is 0.142 e. The van der Waals surface area contributed by atoms with Crippen molar-refractivity contribution in [2.75, 3.05) is 6.67 Å². The van der Waals surface area contributed by atoms with Crippen molar-refractivity contribution in [1.82, 2.24) is 24.1 Å². The second-order valence-corrected chi connectivity index (χ2v) is 7.01. The van der Waals surface area contributed by atoms with Crippen molar-refractivity contribution in [3.8, 4) is 11.4 Å². The lowest BCUT2D eigenvalue weighted by Crippen LogP contribution is -2.03. The van der Waals surface area contributed by atoms with E-state index in [0.717, 1.165) is 28.0 Å². The fourth-order valence-electron chi connectivity index (χ4n) is 3.07. The third kappa shape index (κ3) is 3.68. The van der Waals surface area contributed by atoms with E-state index in [9.17, 15) is 4.39 Å². The number of nitrogens with zero attached hydrogens (tertiary/aromatic N) is 5. The van der Waals surface area contributed by atoms with Gasteiger partial charge in [-0.1, -0.05) is 23.2 Å². The Morgan fingerprint density at radius 3 is 2.70 bits per heavy atom. The van der Waals surface area contributed by atoms with Crippen LogP contribution in [0, 0.1) is 0 Å². The zero-order valence-corrected chi connectivity index (χ0v) is 15.8. The molecule has 5 nitrogen and oxygen atoms in total. The van der Waals surface area contributed by atoms with E-state index in [1.165, 1.54) is 0 Å². The van der Waals surface area contributed by atoms with Gasteiger partial charge in [0, 0.05) is 29.5 Å². The van der Waals surface area contributed by atoms with Crippen LogP contribution in [0.3, 0.4) is 0 Å². The molecule has 0 amide bonds. The normalized spacial score (nSPS) is 11.4. The first-order valence-electron chi connectivity index (χ1n) is 8.47. The second kappa shape index (κ2) is 7.66. The summed E-state index contributed by atoms with van der Waals surface area (Å²) in [5.41, 5.74) is 3.52. The van der Waals surface area contributed by atoms with Crippen LogP contribution in [-0.4, -0.2) is 30.8 Å². The van der Waals surface area contributed by atoms with Gasteiger partial charge < -0.3 is 9.13 Å². The van der Waals surface area contributed by atoms with Crippen LogP contribution in [0.2, 0.25) is 10.2 Å². The Balaban J connectivity index is 1.77. The van der Waals surface area contributed by atoms with Crippen molar-refractivity contribution in [3.63, 3.8) is 0 Å². The third-order valence-electron chi connectivity index (χ3n) is 4.29. The maximum absolute atomic E-state index is 12.8. The number of halogens is 3. The van der Waals surface area contributed by atoms with E-state index in [0.29, 0.717) is 29.7 Å². The number of hydrogen-bond donors (Lipinski definition) is 0. The third-order valence-corrected chi connectivity index (χ3v) is 4.84. The van der Waals surface area contributed by atoms with Gasteiger partial charge in [0.15, 0.2) is 0 Å². The molecule has 1 aromatic carbocycles. The summed E-state index contributed by atoms with van der Waals surface area (Å²) in [4.78, 5) is 13.1. The summed E-state index contributed by atoms with van der Waals surface area (Å²) in [7, 11) is 0. The minimum Gasteiger partial charge on any atom is -0.324 e. The van der Waals surface area contributed by atoms with E-state index in [1.54, 1.807) is 31.0 Å². The van der Waals surface area contributed by atoms with Gasteiger partial charge >= 0.3 is 0 Å². The lowest BCUT2D eigenvalue weighted by Gasteiger charge is -2.10. The Kier molecular flexibility index (Phi) is 5.09. The molecule has 0 bridgehead atoms. The average molecular weight is 404 g/mol. The molecule has 0 radical (unpaired) electrons. The predicted molar refractivity (Wildman–Crippen MR) is 105 cm³/mol. The maximum atomic E-state index is 12.8. The molecule has 4 rings (SSSR count). The highest BCUT2D eigenvalue weighted by atomic mass is 35.5. The van der Waals surface area contributed by atoms with Gasteiger partial charge in [-0.05, 0) is 36.2 Å². The maximum Gasteiger partial charge on any atom is 0.142 e. The standard InChI is InChI=1S/C19H16Cl2FN5/c20-15-2-3-16-17(7-15)27(5-1-4-22)19(25-16)14-6-13(8-23-9-14)11-26-12-24-10-18(26)21/h2-3,6-10,12H,1,4-5,11H2. The first-order valence-corrected chi connectivity index (χ1v) is 9.23. The molecule has 3 aromatic heterocycles. The molecule has 4 aromatic rings. The van der Waals surface area contributed by atoms with Crippen molar-refractivity contribution in [2.45, 2.75) is 19.5 Å². The number of aryl methyl sites for hydroxylation is 1. The van der Waals surface area contributed by atoms with E-state index in [2.05, 4.69) is 9.97 Å². The summed E-state index contributed by atoms with van der Waals surface area (Å²) in [6.45, 7) is 0.674. The van der Waals surface area contributed by atoms with Crippen LogP contribution in [0.25, 0.3) is 22.4 Å². The van der Waals surface area contributed by atoms with Crippen LogP contribution in [0.1, 0.15) is 12.0 Å². The lowest BCUT2D eigenvalue weighted by atomic mass is 10.2. The Morgan fingerprint density at radius 2 is 1.93 bits per heavy atom. The van der Waals surface area contributed by atoms with Gasteiger partial charge in [0.1, 0.15) is 11.0 Å². The number of hydrogen-bond acceptors (Lipinski definition) is 3. The summed E-state index contributed by atoms with van der Waals surface area (Å²) in [6, 6.07) is 7.54. The van der Waals surface area contributed by atoms with Crippen molar-refractivity contribution in [1.29, 1.82) is 0 Å². The van der Waals surface area contributed by atoms with Crippen molar-refractivity contribution < 1.29 is 4.39 Å². The number of benzene rings is 1. The number of fused-ring (bicyclic) bond motifs is 1. The first-order chi connectivity index (χ1) is 13.2. The van der Waals surface area contributed by atoms with Gasteiger partial charge in [0.2, 0.25) is 0 Å². The van der Waals surface area contributed by atoms with Gasteiger partial charge in [-0.15, -0.1) is 0 Å². The highest BCUT2D eigenvalue weighted by molar-refractivity contribution is 6.31. The minimum absolute atomic E-state index is 0.392. The van der Waals surface area contributed by atoms with Gasteiger partial charge in [-0.25, -0.2) is 9.97 Å². The largest absolute Gasteiger partial charge is 0.324 e. The van der Waals surface area contributed by atoms with Gasteiger partial charge in [-0.3, -0.25) is 9.37 Å². The van der Waals surface area contributed by atoms with Crippen LogP contribution in [-0.2, 0) is 13.1 Å². The molecule has 3 heterocycles. The van der Waals surface area contributed by atoms with Crippen molar-refractivity contribution in [2.24, 2.45) is 0 Å². The second-order valence-electron chi connectivity index (χ2n) is 6.19. The first kappa shape index (κ1) is 17.9. The highest BCUT2D eigenvalue weighted by Gasteiger charge is 2.14. The van der Waals surface area contributed by atoms with E-state index < -0.39 is 6.67 Å². The molecule has 0 aliphatic heterocycles. The molecule has 0 N–H and O–H groups in total. The summed E-state index contributed by atoms with van der Waals surface area (Å²) < 4.78 is 16.6. The molecule has 138 valence electrons. The molecular formula is C19H16Cl2FN5.